The van der Waals surface area contributed by atoms with Crippen molar-refractivity contribution in [3.8, 4) is 0 Å². The van der Waals surface area contributed by atoms with Gasteiger partial charge in [-0.2, -0.15) is 0 Å². The Kier molecular flexibility index (Phi) is 3.14. The summed E-state index contributed by atoms with van der Waals surface area (Å²) in [6, 6.07) is 1.61. The van der Waals surface area contributed by atoms with Gasteiger partial charge in [0.25, 0.3) is 0 Å². The number of pyridine rings is 1. The zero-order valence-electron chi connectivity index (χ0n) is 9.07. The number of hydrogen-bond acceptors (Lipinski definition) is 4. The predicted molar refractivity (Wildman–Crippen MR) is 58.5 cm³/mol. The molecule has 1 heterocycles. The number of aromatic nitrogens is 1. The number of nitrogen functional groups attached to an aromatic ring is 1. The highest BCUT2D eigenvalue weighted by molar-refractivity contribution is 5.88. The van der Waals surface area contributed by atoms with Crippen molar-refractivity contribution in [1.29, 1.82) is 0 Å². The smallest absolute Gasteiger partial charge is 0.412 e. The van der Waals surface area contributed by atoms with E-state index in [4.69, 9.17) is 10.5 Å². The van der Waals surface area contributed by atoms with Gasteiger partial charge in [-0.3, -0.25) is 10.3 Å². The average molecular weight is 209 g/mol. The molecule has 5 heteroatoms. The summed E-state index contributed by atoms with van der Waals surface area (Å²) in [5.41, 5.74) is 5.98. The maximum absolute atomic E-state index is 11.4. The van der Waals surface area contributed by atoms with E-state index in [1.54, 1.807) is 33.0 Å². The lowest BCUT2D eigenvalue weighted by atomic mass is 10.2. The fourth-order valence-electron chi connectivity index (χ4n) is 0.934. The molecule has 0 saturated heterocycles. The fraction of sp³-hybridized carbons (Fsp3) is 0.400. The highest BCUT2D eigenvalue weighted by Crippen LogP contribution is 2.16. The number of ether oxygens (including phenoxy) is 1. The van der Waals surface area contributed by atoms with Crippen LogP contribution in [0.5, 0.6) is 0 Å². The van der Waals surface area contributed by atoms with E-state index in [1.165, 1.54) is 6.20 Å². The molecule has 15 heavy (non-hydrogen) atoms. The lowest BCUT2D eigenvalue weighted by Gasteiger charge is -2.19. The molecule has 5 nitrogen and oxygen atoms in total. The summed E-state index contributed by atoms with van der Waals surface area (Å²) < 4.78 is 5.07. The summed E-state index contributed by atoms with van der Waals surface area (Å²) in [4.78, 5) is 15.2. The maximum Gasteiger partial charge on any atom is 0.412 e. The minimum absolute atomic E-state index is 0.406. The Morgan fingerprint density at radius 1 is 1.53 bits per heavy atom. The number of carbonyl (C=O) groups is 1. The van der Waals surface area contributed by atoms with Crippen LogP contribution in [0.25, 0.3) is 0 Å². The molecule has 1 rings (SSSR count). The fourth-order valence-corrected chi connectivity index (χ4v) is 0.934. The van der Waals surface area contributed by atoms with E-state index in [9.17, 15) is 4.79 Å². The zero-order chi connectivity index (χ0) is 11.5. The molecule has 0 fully saturated rings. The first-order chi connectivity index (χ1) is 6.88. The predicted octanol–water partition coefficient (Wildman–Crippen LogP) is 2.01. The molecule has 1 aromatic heterocycles. The molecule has 0 aromatic carbocycles. The van der Waals surface area contributed by atoms with Gasteiger partial charge in [-0.05, 0) is 26.8 Å². The Morgan fingerprint density at radius 2 is 2.20 bits per heavy atom. The third-order valence-corrected chi connectivity index (χ3v) is 1.49. The topological polar surface area (TPSA) is 77.2 Å². The summed E-state index contributed by atoms with van der Waals surface area (Å²) >= 11 is 0. The number of hydrogen-bond donors (Lipinski definition) is 2. The number of nitrogens with one attached hydrogen (secondary N) is 1. The number of carbonyl (C=O) groups excluding carboxylic acids is 1. The summed E-state index contributed by atoms with van der Waals surface area (Å²) in [5, 5.41) is 2.54. The summed E-state index contributed by atoms with van der Waals surface area (Å²) in [7, 11) is 0. The van der Waals surface area contributed by atoms with Crippen molar-refractivity contribution in [2.45, 2.75) is 26.4 Å². The van der Waals surface area contributed by atoms with Crippen molar-refractivity contribution in [3.05, 3.63) is 18.5 Å². The van der Waals surface area contributed by atoms with Gasteiger partial charge in [-0.25, -0.2) is 4.79 Å². The molecule has 1 amide bonds. The van der Waals surface area contributed by atoms with Crippen LogP contribution < -0.4 is 11.1 Å². The maximum atomic E-state index is 11.4. The van der Waals surface area contributed by atoms with Gasteiger partial charge in [0.05, 0.1) is 17.6 Å². The molecular weight excluding hydrogens is 194 g/mol. The van der Waals surface area contributed by atoms with Crippen molar-refractivity contribution in [3.63, 3.8) is 0 Å². The first-order valence-corrected chi connectivity index (χ1v) is 4.58. The summed E-state index contributed by atoms with van der Waals surface area (Å²) in [6.07, 6.45) is 2.48. The molecule has 3 N–H and O–H groups in total. The molecule has 0 aliphatic carbocycles. The number of nitrogens with two attached hydrogens (primary N) is 1. The van der Waals surface area contributed by atoms with Crippen LogP contribution in [0.4, 0.5) is 16.2 Å². The Bertz CT molecular complexity index is 358. The van der Waals surface area contributed by atoms with Gasteiger partial charge >= 0.3 is 6.09 Å². The lowest BCUT2D eigenvalue weighted by molar-refractivity contribution is 0.0636. The van der Waals surface area contributed by atoms with Crippen molar-refractivity contribution in [1.82, 2.24) is 4.98 Å². The Balaban J connectivity index is 2.64. The van der Waals surface area contributed by atoms with Crippen molar-refractivity contribution >= 4 is 17.5 Å². The van der Waals surface area contributed by atoms with E-state index < -0.39 is 11.7 Å². The van der Waals surface area contributed by atoms with Crippen molar-refractivity contribution in [2.24, 2.45) is 0 Å². The van der Waals surface area contributed by atoms with E-state index in [1.807, 2.05) is 0 Å². The second kappa shape index (κ2) is 4.16. The Hall–Kier alpha value is -1.78. The standard InChI is InChI=1S/C10H15N3O2/c1-10(2,3)15-9(14)13-8-4-5-12-6-7(8)11/h4-6H,11H2,1-3H3,(H,12,13,14). The number of rotatable bonds is 1. The zero-order valence-corrected chi connectivity index (χ0v) is 9.07. The highest BCUT2D eigenvalue weighted by Gasteiger charge is 2.16. The second-order valence-corrected chi connectivity index (χ2v) is 4.09. The van der Waals surface area contributed by atoms with Gasteiger partial charge in [0, 0.05) is 6.20 Å². The van der Waals surface area contributed by atoms with Crippen LogP contribution in [0.1, 0.15) is 20.8 Å². The van der Waals surface area contributed by atoms with Gasteiger partial charge in [0.15, 0.2) is 0 Å². The van der Waals surface area contributed by atoms with Crippen LogP contribution in [0.2, 0.25) is 0 Å². The lowest BCUT2D eigenvalue weighted by Crippen LogP contribution is -2.27. The van der Waals surface area contributed by atoms with Crippen LogP contribution in [0.15, 0.2) is 18.5 Å². The highest BCUT2D eigenvalue weighted by atomic mass is 16.6. The molecular formula is C10H15N3O2. The molecule has 0 spiro atoms. The molecule has 0 atom stereocenters. The van der Waals surface area contributed by atoms with E-state index in [2.05, 4.69) is 10.3 Å². The Morgan fingerprint density at radius 3 is 2.73 bits per heavy atom. The van der Waals surface area contributed by atoms with Gasteiger partial charge in [-0.1, -0.05) is 0 Å². The molecule has 0 aliphatic heterocycles. The van der Waals surface area contributed by atoms with Crippen LogP contribution in [-0.4, -0.2) is 16.7 Å². The van der Waals surface area contributed by atoms with Crippen LogP contribution in [0.3, 0.4) is 0 Å². The van der Waals surface area contributed by atoms with Crippen LogP contribution in [-0.2, 0) is 4.74 Å². The molecule has 0 bridgehead atoms. The van der Waals surface area contributed by atoms with Crippen LogP contribution in [0, 0.1) is 0 Å². The first-order valence-electron chi connectivity index (χ1n) is 4.58. The third kappa shape index (κ3) is 3.84. The van der Waals surface area contributed by atoms with Crippen molar-refractivity contribution < 1.29 is 9.53 Å². The van der Waals surface area contributed by atoms with Crippen LogP contribution >= 0.6 is 0 Å². The second-order valence-electron chi connectivity index (χ2n) is 4.09. The van der Waals surface area contributed by atoms with E-state index in [-0.39, 0.29) is 0 Å². The van der Waals surface area contributed by atoms with Gasteiger partial charge in [-0.15, -0.1) is 0 Å². The normalized spacial score (nSPS) is 10.9. The SMILES string of the molecule is CC(C)(C)OC(=O)Nc1ccncc1N. The minimum atomic E-state index is -0.527. The van der Waals surface area contributed by atoms with Gasteiger partial charge in [0.1, 0.15) is 5.60 Å². The number of nitrogens with zero attached hydrogens (tertiary/aromatic N) is 1. The molecule has 0 saturated carbocycles. The minimum Gasteiger partial charge on any atom is -0.444 e. The third-order valence-electron chi connectivity index (χ3n) is 1.49. The molecule has 1 aromatic rings. The van der Waals surface area contributed by atoms with E-state index in [0.29, 0.717) is 11.4 Å². The van der Waals surface area contributed by atoms with Crippen molar-refractivity contribution in [2.75, 3.05) is 11.1 Å². The number of amides is 1. The number of anilines is 2. The largest absolute Gasteiger partial charge is 0.444 e. The van der Waals surface area contributed by atoms with E-state index >= 15 is 0 Å². The summed E-state index contributed by atoms with van der Waals surface area (Å²) in [6.45, 7) is 5.38. The first kappa shape index (κ1) is 11.3. The van der Waals surface area contributed by atoms with Gasteiger partial charge in [0.2, 0.25) is 0 Å². The quantitative estimate of drug-likeness (QED) is 0.741. The van der Waals surface area contributed by atoms with E-state index in [0.717, 1.165) is 0 Å². The molecule has 0 aliphatic rings. The van der Waals surface area contributed by atoms with Gasteiger partial charge < -0.3 is 10.5 Å². The molecule has 0 unspecified atom stereocenters. The molecule has 82 valence electrons. The summed E-state index contributed by atoms with van der Waals surface area (Å²) in [5.74, 6) is 0. The molecule has 0 radical (unpaired) electrons. The monoisotopic (exact) mass is 209 g/mol. The average Bonchev–Trinajstić information content (AvgIpc) is 2.05. The Labute approximate surface area is 88.6 Å².